The van der Waals surface area contributed by atoms with E-state index in [1.807, 2.05) is 6.92 Å². The Morgan fingerprint density at radius 1 is 1.05 bits per heavy atom. The average molecular weight is 326 g/mol. The second-order valence-electron chi connectivity index (χ2n) is 4.70. The summed E-state index contributed by atoms with van der Waals surface area (Å²) in [5, 5.41) is 0.476. The lowest BCUT2D eigenvalue weighted by atomic mass is 10.2. The highest BCUT2D eigenvalue weighted by Crippen LogP contribution is 2.26. The maximum absolute atomic E-state index is 12.4. The van der Waals surface area contributed by atoms with Gasteiger partial charge in [0.2, 0.25) is 0 Å². The van der Waals surface area contributed by atoms with Crippen LogP contribution in [0.2, 0.25) is 5.02 Å². The van der Waals surface area contributed by atoms with E-state index in [0.29, 0.717) is 16.5 Å². The molecule has 0 atom stereocenters. The first-order valence-corrected chi connectivity index (χ1v) is 8.13. The molecule has 0 bridgehead atoms. The first-order chi connectivity index (χ1) is 9.83. The summed E-state index contributed by atoms with van der Waals surface area (Å²) in [5.41, 5.74) is 2.02. The molecule has 0 saturated carbocycles. The Labute approximate surface area is 129 Å². The third kappa shape index (κ3) is 3.49. The molecule has 1 N–H and O–H groups in total. The fourth-order valence-electron chi connectivity index (χ4n) is 1.93. The standard InChI is InChI=1S/C15H16ClNO3S/c1-10-4-5-12(16)9-14(10)17-21(18,19)13-6-7-15(20-3)11(2)8-13/h4-9,17H,1-3H3. The quantitative estimate of drug-likeness (QED) is 0.931. The molecular weight excluding hydrogens is 310 g/mol. The number of halogens is 1. The van der Waals surface area contributed by atoms with Crippen LogP contribution in [0.1, 0.15) is 11.1 Å². The lowest BCUT2D eigenvalue weighted by Gasteiger charge is -2.12. The van der Waals surface area contributed by atoms with Crippen molar-refractivity contribution in [2.24, 2.45) is 0 Å². The average Bonchev–Trinajstić information content (AvgIpc) is 2.42. The van der Waals surface area contributed by atoms with Crippen molar-refractivity contribution >= 4 is 27.3 Å². The van der Waals surface area contributed by atoms with Crippen molar-refractivity contribution in [2.45, 2.75) is 18.7 Å². The Kier molecular flexibility index (Phi) is 4.44. The number of nitrogens with one attached hydrogen (secondary N) is 1. The number of anilines is 1. The van der Waals surface area contributed by atoms with Crippen LogP contribution in [0.3, 0.4) is 0 Å². The lowest BCUT2D eigenvalue weighted by Crippen LogP contribution is -2.14. The monoisotopic (exact) mass is 325 g/mol. The van der Waals surface area contributed by atoms with E-state index in [1.54, 1.807) is 44.4 Å². The normalized spacial score (nSPS) is 11.2. The Morgan fingerprint density at radius 3 is 2.38 bits per heavy atom. The number of hydrogen-bond acceptors (Lipinski definition) is 3. The maximum Gasteiger partial charge on any atom is 0.261 e. The van der Waals surface area contributed by atoms with E-state index < -0.39 is 10.0 Å². The zero-order chi connectivity index (χ0) is 15.6. The molecule has 2 aromatic rings. The number of methoxy groups -OCH3 is 1. The van der Waals surface area contributed by atoms with E-state index in [0.717, 1.165) is 11.1 Å². The van der Waals surface area contributed by atoms with E-state index in [1.165, 1.54) is 6.07 Å². The fourth-order valence-corrected chi connectivity index (χ4v) is 3.30. The van der Waals surface area contributed by atoms with Gasteiger partial charge in [-0.05, 0) is 55.3 Å². The van der Waals surface area contributed by atoms with Gasteiger partial charge in [0, 0.05) is 5.02 Å². The van der Waals surface area contributed by atoms with Gasteiger partial charge in [-0.15, -0.1) is 0 Å². The largest absolute Gasteiger partial charge is 0.496 e. The van der Waals surface area contributed by atoms with Gasteiger partial charge in [-0.1, -0.05) is 17.7 Å². The van der Waals surface area contributed by atoms with Gasteiger partial charge < -0.3 is 4.74 Å². The van der Waals surface area contributed by atoms with Crippen LogP contribution >= 0.6 is 11.6 Å². The molecule has 0 aliphatic carbocycles. The van der Waals surface area contributed by atoms with E-state index in [2.05, 4.69) is 4.72 Å². The van der Waals surface area contributed by atoms with Gasteiger partial charge in [-0.25, -0.2) is 8.42 Å². The molecule has 0 aliphatic rings. The smallest absolute Gasteiger partial charge is 0.261 e. The van der Waals surface area contributed by atoms with Crippen molar-refractivity contribution in [1.82, 2.24) is 0 Å². The zero-order valence-electron chi connectivity index (χ0n) is 12.0. The predicted octanol–water partition coefficient (Wildman–Crippen LogP) is 3.77. The summed E-state index contributed by atoms with van der Waals surface area (Å²) in [6.45, 7) is 3.61. The summed E-state index contributed by atoms with van der Waals surface area (Å²) in [6, 6.07) is 9.78. The zero-order valence-corrected chi connectivity index (χ0v) is 13.5. The van der Waals surface area contributed by atoms with Crippen LogP contribution in [0, 0.1) is 13.8 Å². The molecule has 0 aromatic heterocycles. The number of benzene rings is 2. The molecule has 0 heterocycles. The van der Waals surface area contributed by atoms with Crippen molar-refractivity contribution < 1.29 is 13.2 Å². The van der Waals surface area contributed by atoms with Crippen molar-refractivity contribution in [3.8, 4) is 5.75 Å². The number of rotatable bonds is 4. The molecule has 0 unspecified atom stereocenters. The summed E-state index contributed by atoms with van der Waals surface area (Å²) in [4.78, 5) is 0.181. The topological polar surface area (TPSA) is 55.4 Å². The molecule has 2 aromatic carbocycles. The van der Waals surface area contributed by atoms with Gasteiger partial charge in [0.25, 0.3) is 10.0 Å². The molecule has 0 saturated heterocycles. The van der Waals surface area contributed by atoms with Crippen LogP contribution in [0.5, 0.6) is 5.75 Å². The highest BCUT2D eigenvalue weighted by Gasteiger charge is 2.16. The fraction of sp³-hybridized carbons (Fsp3) is 0.200. The van der Waals surface area contributed by atoms with Crippen molar-refractivity contribution in [1.29, 1.82) is 0 Å². The Morgan fingerprint density at radius 2 is 1.76 bits per heavy atom. The Bertz CT molecular complexity index is 772. The van der Waals surface area contributed by atoms with Crippen LogP contribution in [-0.2, 0) is 10.0 Å². The maximum atomic E-state index is 12.4. The third-order valence-electron chi connectivity index (χ3n) is 3.12. The molecule has 6 heteroatoms. The summed E-state index contributed by atoms with van der Waals surface area (Å²) in [5.74, 6) is 0.646. The molecule has 0 aliphatic heterocycles. The Balaban J connectivity index is 2.38. The van der Waals surface area contributed by atoms with E-state index in [4.69, 9.17) is 16.3 Å². The molecule has 4 nitrogen and oxygen atoms in total. The van der Waals surface area contributed by atoms with Gasteiger partial charge in [-0.3, -0.25) is 4.72 Å². The van der Waals surface area contributed by atoms with Crippen LogP contribution in [0.15, 0.2) is 41.3 Å². The van der Waals surface area contributed by atoms with Crippen LogP contribution in [-0.4, -0.2) is 15.5 Å². The molecule has 0 fully saturated rings. The van der Waals surface area contributed by atoms with Gasteiger partial charge in [0.05, 0.1) is 17.7 Å². The molecule has 2 rings (SSSR count). The van der Waals surface area contributed by atoms with Crippen LogP contribution in [0.25, 0.3) is 0 Å². The highest BCUT2D eigenvalue weighted by molar-refractivity contribution is 7.92. The van der Waals surface area contributed by atoms with Gasteiger partial charge >= 0.3 is 0 Å². The number of hydrogen-bond donors (Lipinski definition) is 1. The third-order valence-corrected chi connectivity index (χ3v) is 4.72. The molecule has 0 spiro atoms. The van der Waals surface area contributed by atoms with E-state index >= 15 is 0 Å². The van der Waals surface area contributed by atoms with Crippen molar-refractivity contribution in [3.05, 3.63) is 52.5 Å². The predicted molar refractivity (Wildman–Crippen MR) is 84.7 cm³/mol. The summed E-state index contributed by atoms with van der Waals surface area (Å²) in [7, 11) is -2.12. The number of aryl methyl sites for hydroxylation is 2. The van der Waals surface area contributed by atoms with Crippen LogP contribution < -0.4 is 9.46 Å². The molecule has 21 heavy (non-hydrogen) atoms. The van der Waals surface area contributed by atoms with Gasteiger partial charge in [0.15, 0.2) is 0 Å². The minimum atomic E-state index is -3.66. The van der Waals surface area contributed by atoms with Gasteiger partial charge in [-0.2, -0.15) is 0 Å². The molecule has 0 radical (unpaired) electrons. The summed E-state index contributed by atoms with van der Waals surface area (Å²) in [6.07, 6.45) is 0. The second-order valence-corrected chi connectivity index (χ2v) is 6.82. The molecular formula is C15H16ClNO3S. The Hall–Kier alpha value is -1.72. The van der Waals surface area contributed by atoms with Crippen molar-refractivity contribution in [3.63, 3.8) is 0 Å². The molecule has 0 amide bonds. The minimum absolute atomic E-state index is 0.181. The van der Waals surface area contributed by atoms with E-state index in [-0.39, 0.29) is 4.90 Å². The molecule has 112 valence electrons. The lowest BCUT2D eigenvalue weighted by molar-refractivity contribution is 0.411. The van der Waals surface area contributed by atoms with E-state index in [9.17, 15) is 8.42 Å². The van der Waals surface area contributed by atoms with Crippen molar-refractivity contribution in [2.75, 3.05) is 11.8 Å². The number of ether oxygens (including phenoxy) is 1. The summed E-state index contributed by atoms with van der Waals surface area (Å²) < 4.78 is 32.5. The summed E-state index contributed by atoms with van der Waals surface area (Å²) >= 11 is 5.91. The van der Waals surface area contributed by atoms with Crippen LogP contribution in [0.4, 0.5) is 5.69 Å². The highest BCUT2D eigenvalue weighted by atomic mass is 35.5. The first kappa shape index (κ1) is 15.7. The SMILES string of the molecule is COc1ccc(S(=O)(=O)Nc2cc(Cl)ccc2C)cc1C. The number of sulfonamides is 1. The first-order valence-electron chi connectivity index (χ1n) is 6.27. The second kappa shape index (κ2) is 5.95. The minimum Gasteiger partial charge on any atom is -0.496 e. The van der Waals surface area contributed by atoms with Gasteiger partial charge in [0.1, 0.15) is 5.75 Å².